The molecule has 31 heavy (non-hydrogen) atoms. The summed E-state index contributed by atoms with van der Waals surface area (Å²) in [4.78, 5) is 11.3. The van der Waals surface area contributed by atoms with Gasteiger partial charge in [0.1, 0.15) is 6.29 Å². The predicted octanol–water partition coefficient (Wildman–Crippen LogP) is 10.7. The summed E-state index contributed by atoms with van der Waals surface area (Å²) >= 11 is 0. The zero-order valence-corrected chi connectivity index (χ0v) is 21.5. The molecule has 0 aliphatic heterocycles. The van der Waals surface area contributed by atoms with Gasteiger partial charge in [-0.05, 0) is 31.3 Å². The maximum atomic E-state index is 11.3. The fraction of sp³-hybridized carbons (Fsp3) is 0.833. The van der Waals surface area contributed by atoms with E-state index >= 15 is 0 Å². The van der Waals surface area contributed by atoms with Gasteiger partial charge in [0.15, 0.2) is 0 Å². The molecule has 0 rings (SSSR count). The Morgan fingerprint density at radius 3 is 1.32 bits per heavy atom. The monoisotopic (exact) mass is 432 g/mol. The fourth-order valence-corrected chi connectivity index (χ4v) is 4.21. The van der Waals surface area contributed by atoms with Crippen LogP contribution in [0.5, 0.6) is 0 Å². The molecule has 0 aromatic carbocycles. The van der Waals surface area contributed by atoms with Crippen LogP contribution in [0.3, 0.4) is 0 Å². The Hall–Kier alpha value is -0.850. The average molecular weight is 433 g/mol. The van der Waals surface area contributed by atoms with Crippen molar-refractivity contribution in [3.05, 3.63) is 23.8 Å². The highest BCUT2D eigenvalue weighted by molar-refractivity contribution is 5.73. The van der Waals surface area contributed by atoms with Gasteiger partial charge in [0, 0.05) is 0 Å². The molecule has 0 heterocycles. The van der Waals surface area contributed by atoms with Crippen molar-refractivity contribution in [2.24, 2.45) is 0 Å². The van der Waals surface area contributed by atoms with E-state index in [1.54, 1.807) is 0 Å². The van der Waals surface area contributed by atoms with Crippen molar-refractivity contribution in [1.29, 1.82) is 0 Å². The molecule has 0 amide bonds. The first-order chi connectivity index (χ1) is 15.3. The molecule has 0 aliphatic rings. The molecule has 0 N–H and O–H groups in total. The van der Waals surface area contributed by atoms with Gasteiger partial charge in [-0.2, -0.15) is 0 Å². The Morgan fingerprint density at radius 1 is 0.516 bits per heavy atom. The van der Waals surface area contributed by atoms with E-state index in [-0.39, 0.29) is 0 Å². The van der Waals surface area contributed by atoms with Crippen LogP contribution in [0, 0.1) is 0 Å². The summed E-state index contributed by atoms with van der Waals surface area (Å²) < 4.78 is 0. The molecule has 0 fully saturated rings. The first kappa shape index (κ1) is 30.1. The first-order valence-corrected chi connectivity index (χ1v) is 14.2. The van der Waals surface area contributed by atoms with Crippen LogP contribution in [0.15, 0.2) is 23.8 Å². The molecule has 0 atom stereocenters. The number of hydrogen-bond donors (Lipinski definition) is 0. The van der Waals surface area contributed by atoms with E-state index in [1.165, 1.54) is 128 Å². The Balaban J connectivity index is 3.47. The molecule has 0 aliphatic carbocycles. The molecule has 0 radical (unpaired) electrons. The maximum Gasteiger partial charge on any atom is 0.146 e. The number of carbonyl (C=O) groups excluding carboxylic acids is 1. The lowest BCUT2D eigenvalue weighted by atomic mass is 10.0. The minimum Gasteiger partial charge on any atom is -0.298 e. The van der Waals surface area contributed by atoms with E-state index < -0.39 is 0 Å². The molecule has 182 valence electrons. The summed E-state index contributed by atoms with van der Waals surface area (Å²) in [7, 11) is 0. The maximum absolute atomic E-state index is 11.3. The normalized spacial score (nSPS) is 12.1. The quantitative estimate of drug-likeness (QED) is 0.0606. The summed E-state index contributed by atoms with van der Waals surface area (Å²) in [5, 5.41) is 0. The van der Waals surface area contributed by atoms with Crippen LogP contribution in [0.4, 0.5) is 0 Å². The smallest absolute Gasteiger partial charge is 0.146 e. The molecule has 1 heteroatoms. The van der Waals surface area contributed by atoms with E-state index in [2.05, 4.69) is 26.0 Å². The molecule has 0 saturated carbocycles. The summed E-state index contributed by atoms with van der Waals surface area (Å²) in [6, 6.07) is 0. The van der Waals surface area contributed by atoms with Crippen molar-refractivity contribution in [3.63, 3.8) is 0 Å². The molecule has 0 saturated heterocycles. The van der Waals surface area contributed by atoms with Crippen LogP contribution >= 0.6 is 0 Å². The molecule has 1 nitrogen and oxygen atoms in total. The van der Waals surface area contributed by atoms with Crippen LogP contribution in [-0.2, 0) is 4.79 Å². The number of rotatable bonds is 25. The summed E-state index contributed by atoms with van der Waals surface area (Å²) in [6.45, 7) is 4.56. The van der Waals surface area contributed by atoms with Crippen molar-refractivity contribution in [3.8, 4) is 0 Å². The largest absolute Gasteiger partial charge is 0.298 e. The summed E-state index contributed by atoms with van der Waals surface area (Å²) in [5.41, 5.74) is 0.968. The highest BCUT2D eigenvalue weighted by atomic mass is 16.1. The average Bonchev–Trinajstić information content (AvgIpc) is 2.79. The fourth-order valence-electron chi connectivity index (χ4n) is 4.21. The molecular formula is C30H56O. The van der Waals surface area contributed by atoms with Crippen molar-refractivity contribution in [2.45, 2.75) is 162 Å². The zero-order valence-electron chi connectivity index (χ0n) is 21.5. The summed E-state index contributed by atoms with van der Waals surface area (Å²) in [5.74, 6) is 0. The lowest BCUT2D eigenvalue weighted by molar-refractivity contribution is -0.105. The summed E-state index contributed by atoms with van der Waals surface area (Å²) in [6.07, 6.45) is 38.4. The molecule has 0 bridgehead atoms. The highest BCUT2D eigenvalue weighted by Crippen LogP contribution is 2.14. The number of allylic oxidation sites excluding steroid dienone is 4. The van der Waals surface area contributed by atoms with Crippen LogP contribution in [0.1, 0.15) is 162 Å². The van der Waals surface area contributed by atoms with Crippen molar-refractivity contribution in [1.82, 2.24) is 0 Å². The lowest BCUT2D eigenvalue weighted by Crippen LogP contribution is -1.87. The second-order valence-corrected chi connectivity index (χ2v) is 9.54. The molecule has 0 aromatic heterocycles. The van der Waals surface area contributed by atoms with Gasteiger partial charge in [0.25, 0.3) is 0 Å². The van der Waals surface area contributed by atoms with Crippen LogP contribution < -0.4 is 0 Å². The Kier molecular flexibility index (Phi) is 26.4. The van der Waals surface area contributed by atoms with E-state index in [0.29, 0.717) is 0 Å². The van der Waals surface area contributed by atoms with Gasteiger partial charge in [-0.3, -0.25) is 4.79 Å². The van der Waals surface area contributed by atoms with Gasteiger partial charge in [0.2, 0.25) is 0 Å². The Bertz CT molecular complexity index is 407. The first-order valence-electron chi connectivity index (χ1n) is 14.2. The van der Waals surface area contributed by atoms with Gasteiger partial charge in [0.05, 0.1) is 0 Å². The Morgan fingerprint density at radius 2 is 0.903 bits per heavy atom. The standard InChI is InChI=1S/C30H56O/c1-3-5-7-9-11-13-15-16-18-20-22-24-26-28-30(29-31)27-25-23-21-19-17-14-12-10-8-6-4-2/h24,26,28-29H,3-23,25,27H2,1-2H3. The third-order valence-electron chi connectivity index (χ3n) is 6.39. The number of aldehydes is 1. The zero-order chi connectivity index (χ0) is 22.7. The number of carbonyl (C=O) groups is 1. The molecular weight excluding hydrogens is 376 g/mol. The van der Waals surface area contributed by atoms with Gasteiger partial charge >= 0.3 is 0 Å². The lowest BCUT2D eigenvalue weighted by Gasteiger charge is -2.03. The van der Waals surface area contributed by atoms with E-state index in [1.807, 2.05) is 6.08 Å². The molecule has 0 spiro atoms. The van der Waals surface area contributed by atoms with Crippen LogP contribution in [-0.4, -0.2) is 6.29 Å². The van der Waals surface area contributed by atoms with Gasteiger partial charge in [-0.15, -0.1) is 0 Å². The second kappa shape index (κ2) is 27.2. The van der Waals surface area contributed by atoms with Gasteiger partial charge in [-0.1, -0.05) is 154 Å². The van der Waals surface area contributed by atoms with E-state index in [4.69, 9.17) is 0 Å². The van der Waals surface area contributed by atoms with Crippen LogP contribution in [0.2, 0.25) is 0 Å². The number of unbranched alkanes of at least 4 members (excludes halogenated alkanes) is 20. The van der Waals surface area contributed by atoms with E-state index in [0.717, 1.165) is 31.1 Å². The van der Waals surface area contributed by atoms with Crippen LogP contribution in [0.25, 0.3) is 0 Å². The van der Waals surface area contributed by atoms with Gasteiger partial charge < -0.3 is 0 Å². The van der Waals surface area contributed by atoms with Crippen molar-refractivity contribution in [2.75, 3.05) is 0 Å². The second-order valence-electron chi connectivity index (χ2n) is 9.54. The predicted molar refractivity (Wildman–Crippen MR) is 141 cm³/mol. The number of hydrogen-bond acceptors (Lipinski definition) is 1. The molecule has 0 aromatic rings. The SMILES string of the molecule is CCCCCCCCCCCCC=CC=C(C=O)CCCCCCCCCCCCC. The van der Waals surface area contributed by atoms with Crippen molar-refractivity contribution < 1.29 is 4.79 Å². The van der Waals surface area contributed by atoms with Crippen molar-refractivity contribution >= 4 is 6.29 Å². The Labute approximate surface area is 196 Å². The van der Waals surface area contributed by atoms with Gasteiger partial charge in [-0.25, -0.2) is 0 Å². The minimum atomic E-state index is 0.948. The third kappa shape index (κ3) is 25.3. The minimum absolute atomic E-state index is 0.948. The molecule has 0 unspecified atom stereocenters. The van der Waals surface area contributed by atoms with E-state index in [9.17, 15) is 4.79 Å². The third-order valence-corrected chi connectivity index (χ3v) is 6.39. The topological polar surface area (TPSA) is 17.1 Å². The highest BCUT2D eigenvalue weighted by Gasteiger charge is 1.97.